The fraction of sp³-hybridized carbons (Fsp3) is 0.778. The quantitative estimate of drug-likeness (QED) is 0.357. The molecular formula is C27H40O7. The van der Waals surface area contributed by atoms with Gasteiger partial charge in [0, 0.05) is 61.4 Å². The van der Waals surface area contributed by atoms with Gasteiger partial charge in [0.15, 0.2) is 0 Å². The Balaban J connectivity index is 1.22. The van der Waals surface area contributed by atoms with Crippen molar-refractivity contribution in [2.24, 2.45) is 46.3 Å². The van der Waals surface area contributed by atoms with E-state index in [9.17, 15) is 20.4 Å². The van der Waals surface area contributed by atoms with E-state index in [1.54, 1.807) is 0 Å². The maximum atomic E-state index is 10.1. The molecule has 7 heteroatoms. The first kappa shape index (κ1) is 24.3. The van der Waals surface area contributed by atoms with Crippen LogP contribution in [-0.4, -0.2) is 72.3 Å². The van der Waals surface area contributed by atoms with Crippen LogP contribution in [0.25, 0.3) is 0 Å². The average molecular weight is 477 g/mol. The van der Waals surface area contributed by atoms with Crippen molar-refractivity contribution in [2.45, 2.75) is 45.3 Å². The smallest absolute Gasteiger partial charge is 0.0960 e. The number of aliphatic hydroxyl groups is 4. The summed E-state index contributed by atoms with van der Waals surface area (Å²) in [6, 6.07) is 0. The zero-order chi connectivity index (χ0) is 24.1. The van der Waals surface area contributed by atoms with Crippen LogP contribution in [0.2, 0.25) is 0 Å². The number of ether oxygens (including phenoxy) is 3. The molecule has 1 saturated heterocycles. The first-order valence-electron chi connectivity index (χ1n) is 12.8. The van der Waals surface area contributed by atoms with Gasteiger partial charge in [-0.25, -0.2) is 0 Å². The molecule has 4 bridgehead atoms. The van der Waals surface area contributed by atoms with E-state index >= 15 is 0 Å². The zero-order valence-electron chi connectivity index (χ0n) is 20.3. The Bertz CT molecular complexity index is 852. The molecule has 0 aromatic rings. The lowest BCUT2D eigenvalue weighted by atomic mass is 9.69. The number of rotatable bonds is 10. The highest BCUT2D eigenvalue weighted by molar-refractivity contribution is 5.23. The molecule has 2 aliphatic heterocycles. The van der Waals surface area contributed by atoms with E-state index in [4.69, 9.17) is 14.2 Å². The summed E-state index contributed by atoms with van der Waals surface area (Å²) in [5.74, 6) is 2.58. The van der Waals surface area contributed by atoms with Crippen LogP contribution in [0.1, 0.15) is 33.1 Å². The van der Waals surface area contributed by atoms with Gasteiger partial charge in [-0.05, 0) is 42.7 Å². The summed E-state index contributed by atoms with van der Waals surface area (Å²) in [5, 5.41) is 39.8. The van der Waals surface area contributed by atoms with Gasteiger partial charge >= 0.3 is 0 Å². The van der Waals surface area contributed by atoms with Gasteiger partial charge in [-0.2, -0.15) is 0 Å². The lowest BCUT2D eigenvalue weighted by Crippen LogP contribution is -2.41. The van der Waals surface area contributed by atoms with E-state index in [2.05, 4.69) is 32.1 Å². The summed E-state index contributed by atoms with van der Waals surface area (Å²) in [7, 11) is 0. The summed E-state index contributed by atoms with van der Waals surface area (Å²) in [6.07, 6.45) is 10.7. The molecule has 0 aromatic carbocycles. The van der Waals surface area contributed by atoms with Crippen molar-refractivity contribution < 1.29 is 34.6 Å². The molecule has 0 aromatic heterocycles. The van der Waals surface area contributed by atoms with Crippen LogP contribution in [0.5, 0.6) is 0 Å². The summed E-state index contributed by atoms with van der Waals surface area (Å²) < 4.78 is 18.6. The van der Waals surface area contributed by atoms with Crippen molar-refractivity contribution in [2.75, 3.05) is 39.6 Å². The minimum absolute atomic E-state index is 0.00794. The van der Waals surface area contributed by atoms with Crippen LogP contribution in [-0.2, 0) is 14.2 Å². The SMILES string of the molecule is CC1(COC2=CC3CC2C(C)(CO)C3CO)CC(OCC2C3C=CC(O3)C2CO)=CCC1CO. The first-order valence-corrected chi connectivity index (χ1v) is 12.8. The highest BCUT2D eigenvalue weighted by atomic mass is 16.5. The standard InChI is InChI=1S/C27H40O7/c1-26(15-33-25-8-16-7-21(25)27(2,14-31)22(16)12-30)9-18(4-3-17(26)10-28)32-13-20-19(11-29)23-5-6-24(20)34-23/h4-6,8,16-17,19-24,28-31H,3,7,9-15H2,1-2H3. The van der Waals surface area contributed by atoms with E-state index in [-0.39, 0.29) is 85.0 Å². The minimum Gasteiger partial charge on any atom is -0.498 e. The lowest BCUT2D eigenvalue weighted by Gasteiger charge is -2.42. The molecule has 4 N–H and O–H groups in total. The monoisotopic (exact) mass is 476 g/mol. The van der Waals surface area contributed by atoms with Crippen LogP contribution in [0.15, 0.2) is 35.8 Å². The molecule has 7 nitrogen and oxygen atoms in total. The molecule has 0 radical (unpaired) electrons. The summed E-state index contributed by atoms with van der Waals surface area (Å²) in [4.78, 5) is 0. The maximum absolute atomic E-state index is 10.1. The van der Waals surface area contributed by atoms with Crippen molar-refractivity contribution in [3.63, 3.8) is 0 Å². The highest BCUT2D eigenvalue weighted by Crippen LogP contribution is 2.59. The maximum Gasteiger partial charge on any atom is 0.0960 e. The second-order valence-corrected chi connectivity index (χ2v) is 11.7. The van der Waals surface area contributed by atoms with Crippen molar-refractivity contribution in [3.8, 4) is 0 Å². The van der Waals surface area contributed by atoms with Crippen LogP contribution < -0.4 is 0 Å². The van der Waals surface area contributed by atoms with E-state index in [1.807, 2.05) is 6.08 Å². The van der Waals surface area contributed by atoms with Gasteiger partial charge in [0.25, 0.3) is 0 Å². The molecule has 5 rings (SSSR count). The Morgan fingerprint density at radius 2 is 1.76 bits per heavy atom. The minimum atomic E-state index is -0.359. The average Bonchev–Trinajstić information content (AvgIpc) is 3.61. The van der Waals surface area contributed by atoms with Gasteiger partial charge < -0.3 is 34.6 Å². The van der Waals surface area contributed by atoms with Gasteiger partial charge in [0.05, 0.1) is 36.9 Å². The Morgan fingerprint density at radius 3 is 2.44 bits per heavy atom. The molecule has 1 saturated carbocycles. The van der Waals surface area contributed by atoms with Crippen LogP contribution in [0, 0.1) is 46.3 Å². The Labute approximate surface area is 202 Å². The normalized spacial score (nSPS) is 46.6. The van der Waals surface area contributed by atoms with E-state index in [0.717, 1.165) is 24.4 Å². The molecule has 190 valence electrons. The number of hydrogen-bond donors (Lipinski definition) is 4. The largest absolute Gasteiger partial charge is 0.498 e. The van der Waals surface area contributed by atoms with E-state index in [1.165, 1.54) is 0 Å². The Morgan fingerprint density at radius 1 is 1.00 bits per heavy atom. The van der Waals surface area contributed by atoms with Crippen molar-refractivity contribution in [3.05, 3.63) is 35.8 Å². The highest BCUT2D eigenvalue weighted by Gasteiger charge is 2.56. The molecule has 10 unspecified atom stereocenters. The van der Waals surface area contributed by atoms with E-state index in [0.29, 0.717) is 19.6 Å². The van der Waals surface area contributed by atoms with E-state index < -0.39 is 0 Å². The number of fused-ring (bicyclic) bond motifs is 4. The fourth-order valence-corrected chi connectivity index (χ4v) is 7.25. The molecule has 5 aliphatic rings. The summed E-state index contributed by atoms with van der Waals surface area (Å²) >= 11 is 0. The molecule has 34 heavy (non-hydrogen) atoms. The van der Waals surface area contributed by atoms with Crippen LogP contribution >= 0.6 is 0 Å². The fourth-order valence-electron chi connectivity index (χ4n) is 7.25. The van der Waals surface area contributed by atoms with Crippen LogP contribution in [0.3, 0.4) is 0 Å². The van der Waals surface area contributed by atoms with Gasteiger partial charge in [-0.3, -0.25) is 0 Å². The Hall–Kier alpha value is -1.38. The topological polar surface area (TPSA) is 109 Å². The predicted molar refractivity (Wildman–Crippen MR) is 125 cm³/mol. The third kappa shape index (κ3) is 3.84. The number of allylic oxidation sites excluding steroid dienone is 4. The first-order chi connectivity index (χ1) is 16.4. The van der Waals surface area contributed by atoms with Crippen molar-refractivity contribution in [1.82, 2.24) is 0 Å². The van der Waals surface area contributed by atoms with Crippen LogP contribution in [0.4, 0.5) is 0 Å². The molecular weight excluding hydrogens is 436 g/mol. The zero-order valence-corrected chi connectivity index (χ0v) is 20.3. The second kappa shape index (κ2) is 9.25. The molecule has 2 fully saturated rings. The molecule has 10 atom stereocenters. The van der Waals surface area contributed by atoms with Crippen molar-refractivity contribution >= 4 is 0 Å². The molecule has 3 aliphatic carbocycles. The third-order valence-corrected chi connectivity index (χ3v) is 9.78. The predicted octanol–water partition coefficient (Wildman–Crippen LogP) is 2.01. The number of hydrogen-bond acceptors (Lipinski definition) is 7. The summed E-state index contributed by atoms with van der Waals surface area (Å²) in [5.41, 5.74) is -0.642. The Kier molecular flexibility index (Phi) is 6.61. The molecule has 2 heterocycles. The van der Waals surface area contributed by atoms with Crippen molar-refractivity contribution in [1.29, 1.82) is 0 Å². The molecule has 0 spiro atoms. The van der Waals surface area contributed by atoms with Gasteiger partial charge in [0.1, 0.15) is 0 Å². The molecule has 0 amide bonds. The third-order valence-electron chi connectivity index (χ3n) is 9.78. The number of aliphatic hydroxyl groups excluding tert-OH is 4. The van der Waals surface area contributed by atoms with Gasteiger partial charge in [-0.1, -0.05) is 26.0 Å². The lowest BCUT2D eigenvalue weighted by molar-refractivity contribution is -0.0281. The van der Waals surface area contributed by atoms with Gasteiger partial charge in [-0.15, -0.1) is 0 Å². The second-order valence-electron chi connectivity index (χ2n) is 11.7. The van der Waals surface area contributed by atoms with Gasteiger partial charge in [0.2, 0.25) is 0 Å². The summed E-state index contributed by atoms with van der Waals surface area (Å²) in [6.45, 7) is 5.49.